The number of likely N-dealkylation sites (tertiary alicyclic amines) is 1. The Hall–Kier alpha value is -0.910. The smallest absolute Gasteiger partial charge is 0.264 e. The minimum Gasteiger partial charge on any atom is -0.291 e. The van der Waals surface area contributed by atoms with Crippen LogP contribution >= 0.6 is 0 Å². The zero-order valence-corrected chi connectivity index (χ0v) is 13.4. The number of benzene rings is 1. The van der Waals surface area contributed by atoms with Crippen LogP contribution < -0.4 is 0 Å². The van der Waals surface area contributed by atoms with E-state index in [0.717, 1.165) is 6.26 Å². The van der Waals surface area contributed by atoms with Crippen molar-refractivity contribution in [2.75, 3.05) is 19.3 Å². The molecule has 0 saturated carbocycles. The molecule has 20 heavy (non-hydrogen) atoms. The molecule has 1 atom stereocenters. The standard InChI is InChI=1S/C15H23NO3S/c1-11(2)13-5-7-14(8-6-13)12(3)16-9-15(10-16)19-20(4,17)18/h5-8,11-12,15H,9-10H2,1-4H3. The van der Waals surface area contributed by atoms with Crippen LogP contribution in [0.1, 0.15) is 43.9 Å². The average molecular weight is 297 g/mol. The van der Waals surface area contributed by atoms with E-state index >= 15 is 0 Å². The van der Waals surface area contributed by atoms with Crippen LogP contribution in [0, 0.1) is 0 Å². The molecule has 1 heterocycles. The molecule has 0 bridgehead atoms. The zero-order valence-electron chi connectivity index (χ0n) is 12.5. The minimum absolute atomic E-state index is 0.192. The van der Waals surface area contributed by atoms with E-state index in [0.29, 0.717) is 19.0 Å². The van der Waals surface area contributed by atoms with Crippen molar-refractivity contribution in [3.8, 4) is 0 Å². The van der Waals surface area contributed by atoms with Crippen LogP contribution in [0.3, 0.4) is 0 Å². The second-order valence-electron chi connectivity index (χ2n) is 5.87. The van der Waals surface area contributed by atoms with Crippen LogP contribution in [0.25, 0.3) is 0 Å². The van der Waals surface area contributed by atoms with Crippen molar-refractivity contribution in [2.45, 2.75) is 38.8 Å². The number of hydrogen-bond acceptors (Lipinski definition) is 4. The molecule has 5 heteroatoms. The van der Waals surface area contributed by atoms with Gasteiger partial charge in [-0.15, -0.1) is 0 Å². The summed E-state index contributed by atoms with van der Waals surface area (Å²) in [6, 6.07) is 8.94. The molecule has 1 aliphatic rings. The number of hydrogen-bond donors (Lipinski definition) is 0. The predicted octanol–water partition coefficient (Wildman–Crippen LogP) is 2.53. The van der Waals surface area contributed by atoms with E-state index in [2.05, 4.69) is 49.9 Å². The topological polar surface area (TPSA) is 46.6 Å². The lowest BCUT2D eigenvalue weighted by molar-refractivity contribution is -0.000956. The van der Waals surface area contributed by atoms with E-state index in [1.165, 1.54) is 11.1 Å². The molecule has 2 rings (SSSR count). The largest absolute Gasteiger partial charge is 0.291 e. The summed E-state index contributed by atoms with van der Waals surface area (Å²) in [4.78, 5) is 2.22. The Morgan fingerprint density at radius 3 is 2.05 bits per heavy atom. The summed E-state index contributed by atoms with van der Waals surface area (Å²) >= 11 is 0. The molecule has 0 amide bonds. The maximum atomic E-state index is 11.0. The summed E-state index contributed by atoms with van der Waals surface area (Å²) < 4.78 is 27.1. The Bertz CT molecular complexity index is 545. The molecule has 0 N–H and O–H groups in total. The third-order valence-electron chi connectivity index (χ3n) is 3.82. The number of rotatable bonds is 5. The minimum atomic E-state index is -3.34. The van der Waals surface area contributed by atoms with Crippen LogP contribution in [0.2, 0.25) is 0 Å². The third kappa shape index (κ3) is 3.81. The SMILES string of the molecule is CC(C)c1ccc(C(C)N2CC(OS(C)(=O)=O)C2)cc1. The van der Waals surface area contributed by atoms with Crippen LogP contribution in [-0.4, -0.2) is 38.8 Å². The summed E-state index contributed by atoms with van der Waals surface area (Å²) in [6.45, 7) is 7.84. The maximum absolute atomic E-state index is 11.0. The van der Waals surface area contributed by atoms with Gasteiger partial charge in [0.05, 0.1) is 6.26 Å². The first-order valence-electron chi connectivity index (χ1n) is 6.98. The fourth-order valence-electron chi connectivity index (χ4n) is 2.46. The molecule has 1 unspecified atom stereocenters. The zero-order chi connectivity index (χ0) is 14.9. The first-order chi connectivity index (χ1) is 9.26. The highest BCUT2D eigenvalue weighted by molar-refractivity contribution is 7.86. The molecule has 0 aliphatic carbocycles. The highest BCUT2D eigenvalue weighted by Gasteiger charge is 2.33. The van der Waals surface area contributed by atoms with E-state index in [1.807, 2.05) is 0 Å². The van der Waals surface area contributed by atoms with Crippen molar-refractivity contribution >= 4 is 10.1 Å². The summed E-state index contributed by atoms with van der Waals surface area (Å²) in [5.41, 5.74) is 2.59. The van der Waals surface area contributed by atoms with Gasteiger partial charge in [-0.25, -0.2) is 0 Å². The molecule has 4 nitrogen and oxygen atoms in total. The Kier molecular flexibility index (Phi) is 4.52. The van der Waals surface area contributed by atoms with E-state index in [-0.39, 0.29) is 12.1 Å². The first-order valence-corrected chi connectivity index (χ1v) is 8.80. The van der Waals surface area contributed by atoms with E-state index in [4.69, 9.17) is 4.18 Å². The molecular weight excluding hydrogens is 274 g/mol. The van der Waals surface area contributed by atoms with Crippen molar-refractivity contribution < 1.29 is 12.6 Å². The van der Waals surface area contributed by atoms with E-state index < -0.39 is 10.1 Å². The molecule has 1 aromatic carbocycles. The van der Waals surface area contributed by atoms with Gasteiger partial charge in [-0.3, -0.25) is 9.08 Å². The summed E-state index contributed by atoms with van der Waals surface area (Å²) in [5, 5.41) is 0. The van der Waals surface area contributed by atoms with Gasteiger partial charge in [0.25, 0.3) is 10.1 Å². The Labute approximate surface area is 121 Å². The van der Waals surface area contributed by atoms with Gasteiger partial charge >= 0.3 is 0 Å². The maximum Gasteiger partial charge on any atom is 0.264 e. The van der Waals surface area contributed by atoms with Crippen molar-refractivity contribution in [1.29, 1.82) is 0 Å². The average Bonchev–Trinajstić information content (AvgIpc) is 2.31. The van der Waals surface area contributed by atoms with Gasteiger partial charge in [0.1, 0.15) is 6.10 Å². The Balaban J connectivity index is 1.92. The second-order valence-corrected chi connectivity index (χ2v) is 7.47. The molecule has 0 spiro atoms. The molecule has 112 valence electrons. The molecule has 1 saturated heterocycles. The summed E-state index contributed by atoms with van der Waals surface area (Å²) in [6.07, 6.45) is 0.909. The molecule has 1 fully saturated rings. The van der Waals surface area contributed by atoms with E-state index in [1.54, 1.807) is 0 Å². The number of nitrogens with zero attached hydrogens (tertiary/aromatic N) is 1. The van der Waals surface area contributed by atoms with Crippen molar-refractivity contribution in [2.24, 2.45) is 0 Å². The second kappa shape index (κ2) is 5.84. The lowest BCUT2D eigenvalue weighted by Crippen LogP contribution is -2.53. The van der Waals surface area contributed by atoms with Crippen molar-refractivity contribution in [3.63, 3.8) is 0 Å². The Morgan fingerprint density at radius 2 is 1.60 bits per heavy atom. The predicted molar refractivity (Wildman–Crippen MR) is 80.2 cm³/mol. The monoisotopic (exact) mass is 297 g/mol. The van der Waals surface area contributed by atoms with E-state index in [9.17, 15) is 8.42 Å². The normalized spacial score (nSPS) is 19.1. The van der Waals surface area contributed by atoms with Gasteiger partial charge in [-0.05, 0) is 24.0 Å². The molecular formula is C15H23NO3S. The molecule has 1 aliphatic heterocycles. The van der Waals surface area contributed by atoms with Crippen LogP contribution in [-0.2, 0) is 14.3 Å². The van der Waals surface area contributed by atoms with Crippen molar-refractivity contribution in [1.82, 2.24) is 4.90 Å². The Morgan fingerprint density at radius 1 is 1.10 bits per heavy atom. The fourth-order valence-corrected chi connectivity index (χ4v) is 3.08. The molecule has 0 aromatic heterocycles. The van der Waals surface area contributed by atoms with Crippen LogP contribution in [0.4, 0.5) is 0 Å². The first kappa shape index (κ1) is 15.5. The van der Waals surface area contributed by atoms with Gasteiger partial charge in [0.15, 0.2) is 0 Å². The third-order valence-corrected chi connectivity index (χ3v) is 4.44. The lowest BCUT2D eigenvalue weighted by atomic mass is 9.97. The highest BCUT2D eigenvalue weighted by atomic mass is 32.2. The molecule has 0 radical (unpaired) electrons. The van der Waals surface area contributed by atoms with Crippen LogP contribution in [0.5, 0.6) is 0 Å². The summed E-state index contributed by atoms with van der Waals surface area (Å²) in [5.74, 6) is 0.538. The van der Waals surface area contributed by atoms with Gasteiger partial charge in [-0.1, -0.05) is 38.1 Å². The van der Waals surface area contributed by atoms with Gasteiger partial charge in [0.2, 0.25) is 0 Å². The molecule has 1 aromatic rings. The van der Waals surface area contributed by atoms with Gasteiger partial charge < -0.3 is 0 Å². The van der Waals surface area contributed by atoms with Crippen molar-refractivity contribution in [3.05, 3.63) is 35.4 Å². The van der Waals surface area contributed by atoms with Gasteiger partial charge in [0, 0.05) is 19.1 Å². The van der Waals surface area contributed by atoms with Crippen LogP contribution in [0.15, 0.2) is 24.3 Å². The lowest BCUT2D eigenvalue weighted by Gasteiger charge is -2.42. The summed E-state index contributed by atoms with van der Waals surface area (Å²) in [7, 11) is -3.34. The quantitative estimate of drug-likeness (QED) is 0.784. The fraction of sp³-hybridized carbons (Fsp3) is 0.600. The highest BCUT2D eigenvalue weighted by Crippen LogP contribution is 2.28. The van der Waals surface area contributed by atoms with Gasteiger partial charge in [-0.2, -0.15) is 8.42 Å².